The Hall–Kier alpha value is -3.71. The third-order valence-electron chi connectivity index (χ3n) is 6.76. The molecule has 3 N–H and O–H groups in total. The summed E-state index contributed by atoms with van der Waals surface area (Å²) in [4.78, 5) is 40.0. The van der Waals surface area contributed by atoms with Crippen LogP contribution in [-0.4, -0.2) is 78.2 Å². The summed E-state index contributed by atoms with van der Waals surface area (Å²) in [5.41, 5.74) is 4.55. The van der Waals surface area contributed by atoms with Crippen LogP contribution < -0.4 is 10.8 Å². The van der Waals surface area contributed by atoms with Crippen LogP contribution in [0.15, 0.2) is 48.5 Å². The van der Waals surface area contributed by atoms with Crippen LogP contribution in [0, 0.1) is 11.8 Å². The minimum atomic E-state index is -1.51. The molecule has 0 bridgehead atoms. The number of carbonyl (C=O) groups is 3. The van der Waals surface area contributed by atoms with E-state index in [2.05, 4.69) is 34.2 Å². The van der Waals surface area contributed by atoms with Crippen LogP contribution in [0.25, 0.3) is 0 Å². The first-order valence-corrected chi connectivity index (χ1v) is 12.4. The molecule has 194 valence electrons. The molecule has 2 aromatic rings. The van der Waals surface area contributed by atoms with E-state index in [0.29, 0.717) is 12.2 Å². The Kier molecular flexibility index (Phi) is 8.56. The number of amides is 3. The molecule has 1 aliphatic heterocycles. The molecule has 1 saturated heterocycles. The highest BCUT2D eigenvalue weighted by molar-refractivity contribution is 6.08. The van der Waals surface area contributed by atoms with Crippen molar-refractivity contribution in [1.29, 1.82) is 0 Å². The summed E-state index contributed by atoms with van der Waals surface area (Å²) < 4.78 is 6.03. The lowest BCUT2D eigenvalue weighted by atomic mass is 9.95. The van der Waals surface area contributed by atoms with Crippen molar-refractivity contribution in [2.75, 3.05) is 27.2 Å². The van der Waals surface area contributed by atoms with Gasteiger partial charge in [0.15, 0.2) is 6.04 Å². The summed E-state index contributed by atoms with van der Waals surface area (Å²) in [5, 5.41) is 11.2. The van der Waals surface area contributed by atoms with Crippen molar-refractivity contribution in [2.45, 2.75) is 44.1 Å². The summed E-state index contributed by atoms with van der Waals surface area (Å²) in [5.74, 6) is 3.95. The molecule has 0 aromatic heterocycles. The lowest BCUT2D eigenvalue weighted by Gasteiger charge is -2.42. The molecule has 0 radical (unpaired) electrons. The minimum Gasteiger partial charge on any atom is -0.372 e. The Morgan fingerprint density at radius 2 is 1.59 bits per heavy atom. The van der Waals surface area contributed by atoms with Crippen molar-refractivity contribution in [3.63, 3.8) is 0 Å². The number of rotatable bonds is 8. The van der Waals surface area contributed by atoms with Gasteiger partial charge in [-0.2, -0.15) is 0 Å². The molecule has 1 heterocycles. The van der Waals surface area contributed by atoms with Gasteiger partial charge < -0.3 is 15.0 Å². The van der Waals surface area contributed by atoms with Crippen molar-refractivity contribution in [1.82, 2.24) is 20.6 Å². The van der Waals surface area contributed by atoms with Crippen LogP contribution in [0.3, 0.4) is 0 Å². The zero-order valence-corrected chi connectivity index (χ0v) is 21.1. The number of benzene rings is 2. The maximum absolute atomic E-state index is 12.8. The Labute approximate surface area is 216 Å². The average Bonchev–Trinajstić information content (AvgIpc) is 2.87. The second kappa shape index (κ2) is 12.0. The number of ether oxygens (including phenoxy) is 1. The molecular weight excluding hydrogens is 472 g/mol. The van der Waals surface area contributed by atoms with Gasteiger partial charge in [-0.05, 0) is 61.2 Å². The highest BCUT2D eigenvalue weighted by Crippen LogP contribution is 2.26. The molecule has 37 heavy (non-hydrogen) atoms. The van der Waals surface area contributed by atoms with E-state index in [1.54, 1.807) is 24.3 Å². The van der Waals surface area contributed by atoms with Gasteiger partial charge in [0.1, 0.15) is 0 Å². The molecule has 2 fully saturated rings. The molecule has 3 amide bonds. The predicted molar refractivity (Wildman–Crippen MR) is 137 cm³/mol. The second-order valence-corrected chi connectivity index (χ2v) is 9.44. The Morgan fingerprint density at radius 1 is 1.00 bits per heavy atom. The first kappa shape index (κ1) is 26.4. The number of likely N-dealkylation sites (N-methyl/N-ethyl adjacent to an activating group) is 2. The average molecular weight is 505 g/mol. The van der Waals surface area contributed by atoms with Gasteiger partial charge in [-0.15, -0.1) is 0 Å². The minimum absolute atomic E-state index is 0.281. The predicted octanol–water partition coefficient (Wildman–Crippen LogP) is 1.53. The van der Waals surface area contributed by atoms with E-state index in [4.69, 9.17) is 9.94 Å². The lowest BCUT2D eigenvalue weighted by Crippen LogP contribution is -2.54. The number of carbonyl (C=O) groups excluding carboxylic acids is 3. The molecule has 1 unspecified atom stereocenters. The zero-order valence-electron chi connectivity index (χ0n) is 21.1. The van der Waals surface area contributed by atoms with Crippen LogP contribution in [0.1, 0.15) is 46.3 Å². The van der Waals surface area contributed by atoms with E-state index in [1.165, 1.54) is 44.4 Å². The van der Waals surface area contributed by atoms with Crippen molar-refractivity contribution >= 4 is 17.7 Å². The molecule has 1 saturated carbocycles. The first-order valence-electron chi connectivity index (χ1n) is 12.4. The van der Waals surface area contributed by atoms with E-state index < -0.39 is 23.8 Å². The maximum Gasteiger partial charge on any atom is 0.275 e. The highest BCUT2D eigenvalue weighted by atomic mass is 16.5. The normalized spacial score (nSPS) is 16.4. The SMILES string of the molecule is CNC(=O)C(C(=O)NO)N(C)C(=O)c1ccc(C#Cc2ccc(CN3CC(OC4CCC4)C3)cc2)cc1. The Bertz CT molecular complexity index is 1160. The van der Waals surface area contributed by atoms with Crippen molar-refractivity contribution in [3.05, 3.63) is 70.8 Å². The van der Waals surface area contributed by atoms with Crippen LogP contribution in [0.5, 0.6) is 0 Å². The number of hydroxylamine groups is 1. The molecular formula is C28H32N4O5. The number of hydrogen-bond donors (Lipinski definition) is 3. The molecule has 1 atom stereocenters. The van der Waals surface area contributed by atoms with Gasteiger partial charge in [0, 0.05) is 50.4 Å². The molecule has 9 nitrogen and oxygen atoms in total. The van der Waals surface area contributed by atoms with Crippen LogP contribution in [0.4, 0.5) is 0 Å². The summed E-state index contributed by atoms with van der Waals surface area (Å²) in [6.45, 7) is 2.89. The summed E-state index contributed by atoms with van der Waals surface area (Å²) in [6.07, 6.45) is 4.60. The smallest absolute Gasteiger partial charge is 0.275 e. The van der Waals surface area contributed by atoms with Crippen molar-refractivity contribution < 1.29 is 24.3 Å². The fourth-order valence-electron chi connectivity index (χ4n) is 4.30. The Balaban J connectivity index is 1.30. The molecule has 9 heteroatoms. The summed E-state index contributed by atoms with van der Waals surface area (Å²) >= 11 is 0. The molecule has 2 aromatic carbocycles. The first-order chi connectivity index (χ1) is 17.9. The van der Waals surface area contributed by atoms with Gasteiger partial charge in [0.25, 0.3) is 17.7 Å². The van der Waals surface area contributed by atoms with Gasteiger partial charge in [-0.25, -0.2) is 5.48 Å². The number of nitrogens with one attached hydrogen (secondary N) is 2. The van der Waals surface area contributed by atoms with E-state index in [-0.39, 0.29) is 5.56 Å². The fraction of sp³-hybridized carbons (Fsp3) is 0.393. The molecule has 0 spiro atoms. The molecule has 2 aliphatic rings. The van der Waals surface area contributed by atoms with E-state index in [1.807, 2.05) is 12.1 Å². The molecule has 1 aliphatic carbocycles. The van der Waals surface area contributed by atoms with Crippen molar-refractivity contribution in [3.8, 4) is 11.8 Å². The van der Waals surface area contributed by atoms with Gasteiger partial charge in [0.2, 0.25) is 0 Å². The molecule has 4 rings (SSSR count). The topological polar surface area (TPSA) is 111 Å². The monoisotopic (exact) mass is 504 g/mol. The summed E-state index contributed by atoms with van der Waals surface area (Å²) in [6, 6.07) is 13.3. The second-order valence-electron chi connectivity index (χ2n) is 9.44. The zero-order chi connectivity index (χ0) is 26.4. The van der Waals surface area contributed by atoms with Gasteiger partial charge in [0.05, 0.1) is 12.2 Å². The highest BCUT2D eigenvalue weighted by Gasteiger charge is 2.33. The number of hydrogen-bond acceptors (Lipinski definition) is 6. The standard InChI is InChI=1S/C28H32N4O5/c1-29-26(33)25(27(34)30-36)31(2)28(35)22-14-12-20(13-15-22)7-6-19-8-10-21(11-9-19)16-32-17-24(18-32)37-23-4-3-5-23/h8-15,23-25,36H,3-5,16-18H2,1-2H3,(H,29,33)(H,30,34). The third kappa shape index (κ3) is 6.54. The van der Waals surface area contributed by atoms with Gasteiger partial charge in [-0.1, -0.05) is 24.0 Å². The van der Waals surface area contributed by atoms with Crippen LogP contribution in [0.2, 0.25) is 0 Å². The lowest BCUT2D eigenvalue weighted by molar-refractivity contribution is -0.140. The van der Waals surface area contributed by atoms with E-state index in [0.717, 1.165) is 35.7 Å². The largest absolute Gasteiger partial charge is 0.372 e. The van der Waals surface area contributed by atoms with Gasteiger partial charge in [-0.3, -0.25) is 24.5 Å². The maximum atomic E-state index is 12.8. The quantitative estimate of drug-likeness (QED) is 0.218. The van der Waals surface area contributed by atoms with Crippen molar-refractivity contribution in [2.24, 2.45) is 0 Å². The van der Waals surface area contributed by atoms with Crippen LogP contribution >= 0.6 is 0 Å². The van der Waals surface area contributed by atoms with E-state index >= 15 is 0 Å². The third-order valence-corrected chi connectivity index (χ3v) is 6.76. The van der Waals surface area contributed by atoms with E-state index in [9.17, 15) is 14.4 Å². The Morgan fingerprint density at radius 3 is 2.11 bits per heavy atom. The summed E-state index contributed by atoms with van der Waals surface area (Å²) in [7, 11) is 2.66. The number of likely N-dealkylation sites (tertiary alicyclic amines) is 1. The van der Waals surface area contributed by atoms with Gasteiger partial charge >= 0.3 is 0 Å². The fourth-order valence-corrected chi connectivity index (χ4v) is 4.30. The van der Waals surface area contributed by atoms with Crippen LogP contribution in [-0.2, 0) is 20.9 Å². The number of nitrogens with zero attached hydrogens (tertiary/aromatic N) is 2.